The van der Waals surface area contributed by atoms with E-state index in [2.05, 4.69) is 73.1 Å². The maximum atomic E-state index is 12.8. The molecule has 0 aromatic carbocycles. The molecule has 352 valence electrons. The summed E-state index contributed by atoms with van der Waals surface area (Å²) in [6.07, 6.45) is 56.0. The van der Waals surface area contributed by atoms with Gasteiger partial charge < -0.3 is 25.6 Å². The number of aliphatic hydroxyl groups is 1. The number of hydrogen-bond acceptors (Lipinski definition) is 6. The maximum Gasteiger partial charge on any atom is 0.328 e. The fourth-order valence-electron chi connectivity index (χ4n) is 7.16. The highest BCUT2D eigenvalue weighted by atomic mass is 16.5. The number of allylic oxidation sites excluding steroid dienone is 7. The van der Waals surface area contributed by atoms with Crippen LogP contribution in [0.4, 0.5) is 0 Å². The van der Waals surface area contributed by atoms with Crippen molar-refractivity contribution in [2.24, 2.45) is 0 Å². The Morgan fingerprint density at radius 3 is 1.43 bits per heavy atom. The van der Waals surface area contributed by atoms with Crippen molar-refractivity contribution >= 4 is 23.8 Å². The van der Waals surface area contributed by atoms with Gasteiger partial charge in [-0.3, -0.25) is 14.4 Å². The highest BCUT2D eigenvalue weighted by molar-refractivity contribution is 5.87. The van der Waals surface area contributed by atoms with Gasteiger partial charge in [0.1, 0.15) is 12.1 Å². The molecule has 2 amide bonds. The van der Waals surface area contributed by atoms with E-state index >= 15 is 0 Å². The summed E-state index contributed by atoms with van der Waals surface area (Å²) in [5, 5.41) is 22.6. The average Bonchev–Trinajstić information content (AvgIpc) is 3.25. The number of aliphatic carboxylic acids is 1. The maximum absolute atomic E-state index is 12.8. The van der Waals surface area contributed by atoms with Crippen LogP contribution >= 0.6 is 0 Å². The number of hydrogen-bond donors (Lipinski definition) is 4. The lowest BCUT2D eigenvalue weighted by Gasteiger charge is -2.15. The lowest BCUT2D eigenvalue weighted by Crippen LogP contribution is -2.47. The summed E-state index contributed by atoms with van der Waals surface area (Å²) < 4.78 is 5.97. The van der Waals surface area contributed by atoms with Crippen molar-refractivity contribution in [2.75, 3.05) is 13.2 Å². The van der Waals surface area contributed by atoms with E-state index in [9.17, 15) is 19.2 Å². The molecule has 0 radical (unpaired) electrons. The van der Waals surface area contributed by atoms with E-state index in [1.165, 1.54) is 128 Å². The van der Waals surface area contributed by atoms with Crippen LogP contribution in [0.5, 0.6) is 0 Å². The largest absolute Gasteiger partial charge is 0.480 e. The van der Waals surface area contributed by atoms with Crippen LogP contribution in [0.15, 0.2) is 48.6 Å². The molecule has 0 aliphatic heterocycles. The molecule has 0 aliphatic carbocycles. The van der Waals surface area contributed by atoms with Gasteiger partial charge in [0.25, 0.3) is 0 Å². The number of carbonyl (C=O) groups is 4. The van der Waals surface area contributed by atoms with Gasteiger partial charge in [-0.2, -0.15) is 0 Å². The van der Waals surface area contributed by atoms with Crippen LogP contribution < -0.4 is 10.6 Å². The SMILES string of the molecule is CCCCCCC/C=C\C/C=C\C/C=C\CCCCCCCCCCC(=O)OC(/C=C\CCCCCCCCC)CCCCCCCCC(=O)NCC(=O)NC(CO)C(=O)O. The molecule has 0 aliphatic rings. The van der Waals surface area contributed by atoms with E-state index in [1.807, 2.05) is 0 Å². The summed E-state index contributed by atoms with van der Waals surface area (Å²) in [5.74, 6) is -2.33. The predicted molar refractivity (Wildman–Crippen MR) is 254 cm³/mol. The number of esters is 1. The minimum atomic E-state index is -1.38. The first-order valence-corrected chi connectivity index (χ1v) is 25.0. The molecule has 2 unspecified atom stereocenters. The number of carboxylic acid groups (broad SMARTS) is 1. The molecule has 0 rings (SSSR count). The van der Waals surface area contributed by atoms with Crippen molar-refractivity contribution in [3.63, 3.8) is 0 Å². The van der Waals surface area contributed by atoms with Gasteiger partial charge in [0.15, 0.2) is 0 Å². The van der Waals surface area contributed by atoms with E-state index < -0.39 is 24.5 Å². The molecule has 0 bridgehead atoms. The lowest BCUT2D eigenvalue weighted by atomic mass is 10.0. The third-order valence-corrected chi connectivity index (χ3v) is 11.0. The number of carboxylic acids is 1. The number of unbranched alkanes of at least 4 members (excludes halogenated alkanes) is 25. The molecule has 9 nitrogen and oxygen atoms in total. The van der Waals surface area contributed by atoms with Crippen LogP contribution in [0.2, 0.25) is 0 Å². The molecular formula is C52H92N2O7. The molecule has 9 heteroatoms. The Balaban J connectivity index is 4.18. The van der Waals surface area contributed by atoms with E-state index in [0.717, 1.165) is 70.6 Å². The zero-order valence-electron chi connectivity index (χ0n) is 39.2. The molecule has 0 saturated heterocycles. The average molecular weight is 857 g/mol. The highest BCUT2D eigenvalue weighted by Gasteiger charge is 2.18. The molecule has 0 heterocycles. The minimum absolute atomic E-state index is 0.0830. The number of amides is 2. The second kappa shape index (κ2) is 46.3. The molecule has 0 aromatic rings. The van der Waals surface area contributed by atoms with Crippen molar-refractivity contribution in [1.82, 2.24) is 10.6 Å². The van der Waals surface area contributed by atoms with Crippen molar-refractivity contribution in [1.29, 1.82) is 0 Å². The summed E-state index contributed by atoms with van der Waals surface area (Å²) in [6.45, 7) is 3.47. The van der Waals surface area contributed by atoms with E-state index in [0.29, 0.717) is 19.3 Å². The molecule has 0 spiro atoms. The van der Waals surface area contributed by atoms with Crippen molar-refractivity contribution in [3.8, 4) is 0 Å². The molecule has 61 heavy (non-hydrogen) atoms. The Kier molecular flexibility index (Phi) is 43.9. The van der Waals surface area contributed by atoms with Crippen LogP contribution in [0.3, 0.4) is 0 Å². The van der Waals surface area contributed by atoms with Crippen molar-refractivity contribution in [2.45, 2.75) is 244 Å². The number of nitrogens with one attached hydrogen (secondary N) is 2. The monoisotopic (exact) mass is 857 g/mol. The highest BCUT2D eigenvalue weighted by Crippen LogP contribution is 2.16. The van der Waals surface area contributed by atoms with Crippen LogP contribution in [0.25, 0.3) is 0 Å². The molecule has 4 N–H and O–H groups in total. The summed E-state index contributed by atoms with van der Waals surface area (Å²) >= 11 is 0. The van der Waals surface area contributed by atoms with Gasteiger partial charge >= 0.3 is 11.9 Å². The zero-order valence-corrected chi connectivity index (χ0v) is 39.2. The molecule has 0 fully saturated rings. The van der Waals surface area contributed by atoms with E-state index in [4.69, 9.17) is 14.9 Å². The quantitative estimate of drug-likeness (QED) is 0.0271. The molecular weight excluding hydrogens is 765 g/mol. The molecule has 0 aromatic heterocycles. The smallest absolute Gasteiger partial charge is 0.328 e. The number of ether oxygens (including phenoxy) is 1. The van der Waals surface area contributed by atoms with Gasteiger partial charge in [-0.1, -0.05) is 185 Å². The second-order valence-electron chi connectivity index (χ2n) is 16.9. The van der Waals surface area contributed by atoms with Crippen LogP contribution in [-0.2, 0) is 23.9 Å². The topological polar surface area (TPSA) is 142 Å². The normalized spacial score (nSPS) is 12.8. The first kappa shape index (κ1) is 57.8. The number of aliphatic hydroxyl groups excluding tert-OH is 1. The van der Waals surface area contributed by atoms with Gasteiger partial charge in [-0.15, -0.1) is 0 Å². The summed E-state index contributed by atoms with van der Waals surface area (Å²) in [5.41, 5.74) is 0. The number of rotatable bonds is 45. The Morgan fingerprint density at radius 1 is 0.508 bits per heavy atom. The zero-order chi connectivity index (χ0) is 44.7. The van der Waals surface area contributed by atoms with Crippen LogP contribution in [-0.4, -0.2) is 59.3 Å². The fourth-order valence-corrected chi connectivity index (χ4v) is 7.16. The van der Waals surface area contributed by atoms with E-state index in [-0.39, 0.29) is 24.5 Å². The van der Waals surface area contributed by atoms with Gasteiger partial charge in [0.05, 0.1) is 13.2 Å². The summed E-state index contributed by atoms with van der Waals surface area (Å²) in [6, 6.07) is -1.38. The van der Waals surface area contributed by atoms with Crippen molar-refractivity contribution < 1.29 is 34.1 Å². The van der Waals surface area contributed by atoms with Crippen molar-refractivity contribution in [3.05, 3.63) is 48.6 Å². The molecule has 0 saturated carbocycles. The Bertz CT molecular complexity index is 1160. The minimum Gasteiger partial charge on any atom is -0.480 e. The van der Waals surface area contributed by atoms with Crippen LogP contribution in [0.1, 0.15) is 232 Å². The first-order chi connectivity index (χ1) is 29.8. The van der Waals surface area contributed by atoms with Gasteiger partial charge in [0, 0.05) is 12.8 Å². The van der Waals surface area contributed by atoms with Crippen LogP contribution in [0, 0.1) is 0 Å². The summed E-state index contributed by atoms with van der Waals surface area (Å²) in [7, 11) is 0. The lowest BCUT2D eigenvalue weighted by molar-refractivity contribution is -0.147. The van der Waals surface area contributed by atoms with Gasteiger partial charge in [-0.05, 0) is 83.1 Å². The Hall–Kier alpha value is -3.20. The second-order valence-corrected chi connectivity index (χ2v) is 16.9. The summed E-state index contributed by atoms with van der Waals surface area (Å²) in [4.78, 5) is 47.6. The van der Waals surface area contributed by atoms with Gasteiger partial charge in [-0.25, -0.2) is 4.79 Å². The Labute approximate surface area is 373 Å². The third-order valence-electron chi connectivity index (χ3n) is 11.0. The standard InChI is InChI=1S/C52H92N2O7/c1-3-5-7-9-11-13-14-15-16-17-18-19-20-21-22-23-24-25-26-28-30-36-40-44-51(58)61-47(41-37-33-29-27-12-10-8-6-4-2)42-38-34-31-32-35-39-43-49(56)53-45-50(57)54-48(46-55)52(59)60/h14-15,17-18,20-21,37,41,47-48,55H,3-13,16,19,22-36,38-40,42-46H2,1-2H3,(H,53,56)(H,54,57)(H,59,60)/b15-14-,18-17-,21-20-,41-37-. The first-order valence-electron chi connectivity index (χ1n) is 25.0. The number of carbonyl (C=O) groups excluding carboxylic acids is 3. The fraction of sp³-hybridized carbons (Fsp3) is 0.769. The molecule has 2 atom stereocenters. The predicted octanol–water partition coefficient (Wildman–Crippen LogP) is 13.1. The van der Waals surface area contributed by atoms with Gasteiger partial charge in [0.2, 0.25) is 11.8 Å². The van der Waals surface area contributed by atoms with E-state index in [1.54, 1.807) is 0 Å². The Morgan fingerprint density at radius 2 is 0.934 bits per heavy atom. The third kappa shape index (κ3) is 43.3.